The number of hydrogen-bond acceptors (Lipinski definition) is 5. The van der Waals surface area contributed by atoms with Gasteiger partial charge in [-0.1, -0.05) is 6.07 Å². The molecule has 0 amide bonds. The van der Waals surface area contributed by atoms with Crippen LogP contribution in [0.5, 0.6) is 11.5 Å². The Morgan fingerprint density at radius 3 is 3.15 bits per heavy atom. The average molecular weight is 288 g/mol. The molecule has 1 aromatic carbocycles. The number of nitrogens with zero attached hydrogens (tertiary/aromatic N) is 2. The normalized spacial score (nSPS) is 14.8. The monoisotopic (exact) mass is 288 g/mol. The van der Waals surface area contributed by atoms with E-state index < -0.39 is 6.10 Å². The van der Waals surface area contributed by atoms with E-state index in [-0.39, 0.29) is 6.79 Å². The fraction of sp³-hybridized carbons (Fsp3) is 0.214. The second kappa shape index (κ2) is 4.50. The third-order valence-corrected chi connectivity index (χ3v) is 4.10. The maximum atomic E-state index is 10.3. The number of fused-ring (bicyclic) bond motifs is 2. The minimum absolute atomic E-state index is 0.242. The highest BCUT2D eigenvalue weighted by Crippen LogP contribution is 2.34. The van der Waals surface area contributed by atoms with E-state index in [2.05, 4.69) is 4.98 Å². The number of hydrogen-bond donors (Lipinski definition) is 1. The predicted octanol–water partition coefficient (Wildman–Crippen LogP) is 2.40. The van der Waals surface area contributed by atoms with Gasteiger partial charge in [0.2, 0.25) is 6.79 Å². The summed E-state index contributed by atoms with van der Waals surface area (Å²) < 4.78 is 12.6. The van der Waals surface area contributed by atoms with Crippen molar-refractivity contribution in [2.24, 2.45) is 0 Å². The van der Waals surface area contributed by atoms with Crippen molar-refractivity contribution in [3.05, 3.63) is 47.2 Å². The van der Waals surface area contributed by atoms with Crippen LogP contribution in [0.15, 0.2) is 36.0 Å². The van der Waals surface area contributed by atoms with E-state index in [0.29, 0.717) is 12.2 Å². The van der Waals surface area contributed by atoms with Gasteiger partial charge in [0.15, 0.2) is 16.5 Å². The van der Waals surface area contributed by atoms with Gasteiger partial charge in [0.1, 0.15) is 0 Å². The van der Waals surface area contributed by atoms with Crippen LogP contribution in [0.25, 0.3) is 4.96 Å². The molecule has 3 aromatic rings. The van der Waals surface area contributed by atoms with Crippen molar-refractivity contribution in [2.45, 2.75) is 12.5 Å². The molecule has 2 aromatic heterocycles. The smallest absolute Gasteiger partial charge is 0.231 e. The predicted molar refractivity (Wildman–Crippen MR) is 74.3 cm³/mol. The molecule has 1 unspecified atom stereocenters. The molecule has 0 radical (unpaired) electrons. The quantitative estimate of drug-likeness (QED) is 0.804. The Balaban J connectivity index is 1.57. The van der Waals surface area contributed by atoms with Gasteiger partial charge in [-0.05, 0) is 17.7 Å². The Hall–Kier alpha value is -2.05. The maximum absolute atomic E-state index is 10.3. The van der Waals surface area contributed by atoms with Gasteiger partial charge in [-0.25, -0.2) is 4.98 Å². The highest BCUT2D eigenvalue weighted by molar-refractivity contribution is 7.15. The molecule has 1 aliphatic rings. The number of rotatable bonds is 3. The van der Waals surface area contributed by atoms with E-state index in [9.17, 15) is 5.11 Å². The molecule has 1 N–H and O–H groups in total. The molecule has 0 spiro atoms. The van der Waals surface area contributed by atoms with Gasteiger partial charge in [-0.2, -0.15) is 0 Å². The molecule has 0 aliphatic carbocycles. The van der Waals surface area contributed by atoms with Crippen molar-refractivity contribution < 1.29 is 14.6 Å². The Kier molecular flexibility index (Phi) is 2.64. The van der Waals surface area contributed by atoms with Gasteiger partial charge in [0.25, 0.3) is 0 Å². The molecule has 0 bridgehead atoms. The molecule has 20 heavy (non-hydrogen) atoms. The highest BCUT2D eigenvalue weighted by Gasteiger charge is 2.17. The van der Waals surface area contributed by atoms with Crippen LogP contribution in [-0.4, -0.2) is 21.3 Å². The van der Waals surface area contributed by atoms with Gasteiger partial charge in [-0.15, -0.1) is 11.3 Å². The number of ether oxygens (including phenoxy) is 2. The van der Waals surface area contributed by atoms with Crippen molar-refractivity contribution in [1.29, 1.82) is 0 Å². The summed E-state index contributed by atoms with van der Waals surface area (Å²) in [4.78, 5) is 5.42. The fourth-order valence-electron chi connectivity index (χ4n) is 2.31. The van der Waals surface area contributed by atoms with Gasteiger partial charge >= 0.3 is 0 Å². The molecule has 1 atom stereocenters. The molecule has 3 heterocycles. The number of imidazole rings is 1. The standard InChI is InChI=1S/C14H12N2O3S/c17-11(6-10-7-16-3-4-20-14(16)15-10)9-1-2-12-13(5-9)19-8-18-12/h1-5,7,11,17H,6,8H2. The summed E-state index contributed by atoms with van der Waals surface area (Å²) in [5.74, 6) is 1.41. The largest absolute Gasteiger partial charge is 0.454 e. The van der Waals surface area contributed by atoms with Crippen molar-refractivity contribution >= 4 is 16.3 Å². The van der Waals surface area contributed by atoms with Crippen LogP contribution >= 0.6 is 11.3 Å². The third kappa shape index (κ3) is 1.93. The summed E-state index contributed by atoms with van der Waals surface area (Å²) in [7, 11) is 0. The van der Waals surface area contributed by atoms with Crippen molar-refractivity contribution in [1.82, 2.24) is 9.38 Å². The Morgan fingerprint density at radius 2 is 2.25 bits per heavy atom. The average Bonchev–Trinajstić information content (AvgIpc) is 3.11. The first-order valence-electron chi connectivity index (χ1n) is 6.28. The minimum Gasteiger partial charge on any atom is -0.454 e. The minimum atomic E-state index is -0.603. The number of aliphatic hydroxyl groups is 1. The molecule has 0 fully saturated rings. The lowest BCUT2D eigenvalue weighted by Gasteiger charge is -2.09. The van der Waals surface area contributed by atoms with Crippen LogP contribution in [0, 0.1) is 0 Å². The van der Waals surface area contributed by atoms with Gasteiger partial charge < -0.3 is 14.6 Å². The molecule has 102 valence electrons. The first kappa shape index (κ1) is 11.7. The lowest BCUT2D eigenvalue weighted by Crippen LogP contribution is -2.02. The Bertz CT molecular complexity index is 736. The molecule has 4 rings (SSSR count). The second-order valence-corrected chi connectivity index (χ2v) is 5.53. The van der Waals surface area contributed by atoms with E-state index in [4.69, 9.17) is 9.47 Å². The van der Waals surface area contributed by atoms with E-state index >= 15 is 0 Å². The lowest BCUT2D eigenvalue weighted by atomic mass is 10.0. The zero-order chi connectivity index (χ0) is 13.5. The molecule has 6 heteroatoms. The van der Waals surface area contributed by atoms with Crippen LogP contribution in [0.4, 0.5) is 0 Å². The summed E-state index contributed by atoms with van der Waals surface area (Å²) in [5, 5.41) is 12.3. The maximum Gasteiger partial charge on any atom is 0.231 e. The van der Waals surface area contributed by atoms with E-state index in [1.54, 1.807) is 11.3 Å². The number of aliphatic hydroxyl groups excluding tert-OH is 1. The molecule has 0 saturated carbocycles. The summed E-state index contributed by atoms with van der Waals surface area (Å²) >= 11 is 1.58. The van der Waals surface area contributed by atoms with E-state index in [0.717, 1.165) is 22.0 Å². The van der Waals surface area contributed by atoms with Crippen LogP contribution in [0.3, 0.4) is 0 Å². The Morgan fingerprint density at radius 1 is 1.35 bits per heavy atom. The lowest BCUT2D eigenvalue weighted by molar-refractivity contribution is 0.171. The van der Waals surface area contributed by atoms with Crippen molar-refractivity contribution in [3.63, 3.8) is 0 Å². The van der Waals surface area contributed by atoms with Crippen molar-refractivity contribution in [3.8, 4) is 11.5 Å². The summed E-state index contributed by atoms with van der Waals surface area (Å²) in [6.45, 7) is 0.242. The number of benzene rings is 1. The first-order valence-corrected chi connectivity index (χ1v) is 7.16. The zero-order valence-electron chi connectivity index (χ0n) is 10.5. The summed E-state index contributed by atoms with van der Waals surface area (Å²) in [5.41, 5.74) is 1.69. The van der Waals surface area contributed by atoms with E-state index in [1.807, 2.05) is 40.4 Å². The number of aromatic nitrogens is 2. The van der Waals surface area contributed by atoms with Crippen LogP contribution in [0.2, 0.25) is 0 Å². The van der Waals surface area contributed by atoms with Gasteiger partial charge in [0.05, 0.1) is 11.8 Å². The van der Waals surface area contributed by atoms with Crippen LogP contribution in [-0.2, 0) is 6.42 Å². The number of thiazole rings is 1. The SMILES string of the molecule is OC(Cc1cn2ccsc2n1)c1ccc2c(c1)OCO2. The summed E-state index contributed by atoms with van der Waals surface area (Å²) in [6, 6.07) is 5.51. The third-order valence-electron chi connectivity index (χ3n) is 3.33. The van der Waals surface area contributed by atoms with Crippen LogP contribution < -0.4 is 9.47 Å². The molecule has 1 aliphatic heterocycles. The van der Waals surface area contributed by atoms with Crippen molar-refractivity contribution in [2.75, 3.05) is 6.79 Å². The molecular weight excluding hydrogens is 276 g/mol. The van der Waals surface area contributed by atoms with E-state index in [1.165, 1.54) is 0 Å². The highest BCUT2D eigenvalue weighted by atomic mass is 32.1. The second-order valence-electron chi connectivity index (χ2n) is 4.66. The fourth-order valence-corrected chi connectivity index (χ4v) is 3.03. The van der Waals surface area contributed by atoms with Crippen LogP contribution in [0.1, 0.15) is 17.4 Å². The molecular formula is C14H12N2O3S. The first-order chi connectivity index (χ1) is 9.79. The van der Waals surface area contributed by atoms with Gasteiger partial charge in [-0.3, -0.25) is 4.40 Å². The molecule has 0 saturated heterocycles. The summed E-state index contributed by atoms with van der Waals surface area (Å²) in [6.07, 6.45) is 3.79. The Labute approximate surface area is 119 Å². The topological polar surface area (TPSA) is 56.0 Å². The zero-order valence-corrected chi connectivity index (χ0v) is 11.3. The molecule has 5 nitrogen and oxygen atoms in total. The van der Waals surface area contributed by atoms with Gasteiger partial charge in [0, 0.05) is 24.2 Å².